The first-order chi connectivity index (χ1) is 19.9. The van der Waals surface area contributed by atoms with Crippen LogP contribution in [0.15, 0.2) is 24.3 Å². The Morgan fingerprint density at radius 2 is 1.76 bits per heavy atom. The van der Waals surface area contributed by atoms with Crippen LogP contribution in [-0.2, 0) is 19.1 Å². The number of ether oxygens (including phenoxy) is 2. The van der Waals surface area contributed by atoms with E-state index in [-0.39, 0.29) is 34.6 Å². The summed E-state index contributed by atoms with van der Waals surface area (Å²) in [6, 6.07) is 6.34. The minimum Gasteiger partial charge on any atom is -0.478 e. The van der Waals surface area contributed by atoms with E-state index in [1.807, 2.05) is 24.0 Å². The third kappa shape index (κ3) is 7.12. The molecule has 1 aromatic rings. The summed E-state index contributed by atoms with van der Waals surface area (Å²) in [7, 11) is 0. The Balaban J connectivity index is 1.24. The first-order valence-corrected chi connectivity index (χ1v) is 15.7. The van der Waals surface area contributed by atoms with Crippen molar-refractivity contribution in [1.82, 2.24) is 15.5 Å². The molecular formula is C32H47N3O6. The number of carboxylic acids is 1. The van der Waals surface area contributed by atoms with Crippen LogP contribution in [0.4, 0.5) is 0 Å². The van der Waals surface area contributed by atoms with Crippen LogP contribution < -0.4 is 10.6 Å². The van der Waals surface area contributed by atoms with Crippen LogP contribution in [0.3, 0.4) is 0 Å². The van der Waals surface area contributed by atoms with Gasteiger partial charge in [-0.05, 0) is 80.4 Å². The highest BCUT2D eigenvalue weighted by Crippen LogP contribution is 2.41. The van der Waals surface area contributed by atoms with Crippen LogP contribution >= 0.6 is 0 Å². The quantitative estimate of drug-likeness (QED) is 0.416. The second-order valence-corrected chi connectivity index (χ2v) is 12.7. The zero-order valence-electron chi connectivity index (χ0n) is 24.4. The van der Waals surface area contributed by atoms with Gasteiger partial charge in [-0.3, -0.25) is 9.59 Å². The molecule has 9 heteroatoms. The molecule has 1 aliphatic carbocycles. The molecule has 5 rings (SSSR count). The molecule has 3 saturated heterocycles. The smallest absolute Gasteiger partial charge is 0.335 e. The predicted octanol–water partition coefficient (Wildman–Crippen LogP) is 3.58. The number of rotatable bonds is 9. The molecule has 3 heterocycles. The lowest BCUT2D eigenvalue weighted by molar-refractivity contribution is -0.144. The lowest BCUT2D eigenvalue weighted by Gasteiger charge is -2.39. The fourth-order valence-corrected chi connectivity index (χ4v) is 7.38. The first kappa shape index (κ1) is 30.0. The Labute approximate surface area is 243 Å². The number of likely N-dealkylation sites (tertiary alicyclic amines) is 1. The van der Waals surface area contributed by atoms with E-state index < -0.39 is 18.1 Å². The van der Waals surface area contributed by atoms with Crippen molar-refractivity contribution in [2.75, 3.05) is 46.0 Å². The molecule has 3 atom stereocenters. The SMILES string of the molecule is C[C@@H](OCC1CCCCC1)[C@H](NC(=O)C1CNCC12CCOCC2)C(=O)N1CCC(c2ccc(C(=O)O)cc2)CC1. The maximum atomic E-state index is 14.0. The summed E-state index contributed by atoms with van der Waals surface area (Å²) in [4.78, 5) is 40.9. The van der Waals surface area contributed by atoms with Gasteiger partial charge >= 0.3 is 5.97 Å². The summed E-state index contributed by atoms with van der Waals surface area (Å²) in [5.41, 5.74) is 1.27. The standard InChI is InChI=1S/C32H47N3O6/c1-22(41-20-23-5-3-2-4-6-23)28(34-29(36)27-19-33-21-32(27)13-17-40-18-14-32)30(37)35-15-11-25(12-16-35)24-7-9-26(10-8-24)31(38)39/h7-10,22-23,25,27-28,33H,2-6,11-21H2,1H3,(H,34,36)(H,38,39)/t22-,27?,28+/m1/s1. The predicted molar refractivity (Wildman–Crippen MR) is 155 cm³/mol. The van der Waals surface area contributed by atoms with E-state index in [1.165, 1.54) is 19.3 Å². The average molecular weight is 570 g/mol. The summed E-state index contributed by atoms with van der Waals surface area (Å²) in [5.74, 6) is -0.455. The fourth-order valence-electron chi connectivity index (χ4n) is 7.38. The number of piperidine rings is 1. The maximum absolute atomic E-state index is 14.0. The van der Waals surface area contributed by atoms with Gasteiger partial charge in [0.1, 0.15) is 6.04 Å². The van der Waals surface area contributed by atoms with Gasteiger partial charge in [-0.1, -0.05) is 31.4 Å². The van der Waals surface area contributed by atoms with Crippen LogP contribution in [-0.4, -0.2) is 85.9 Å². The van der Waals surface area contributed by atoms with Crippen molar-refractivity contribution in [3.8, 4) is 0 Å². The van der Waals surface area contributed by atoms with E-state index in [4.69, 9.17) is 9.47 Å². The van der Waals surface area contributed by atoms with Gasteiger partial charge < -0.3 is 30.1 Å². The minimum absolute atomic E-state index is 0.0585. The van der Waals surface area contributed by atoms with Crippen molar-refractivity contribution in [2.24, 2.45) is 17.3 Å². The van der Waals surface area contributed by atoms with Crippen LogP contribution in [0.25, 0.3) is 0 Å². The molecule has 3 aliphatic heterocycles. The Morgan fingerprint density at radius 1 is 1.07 bits per heavy atom. The summed E-state index contributed by atoms with van der Waals surface area (Å²) in [6.45, 7) is 6.51. The summed E-state index contributed by atoms with van der Waals surface area (Å²) in [5, 5.41) is 15.8. The Morgan fingerprint density at radius 3 is 2.41 bits per heavy atom. The number of nitrogens with one attached hydrogen (secondary N) is 2. The number of carboxylic acid groups (broad SMARTS) is 1. The van der Waals surface area contributed by atoms with Gasteiger partial charge in [0.05, 0.1) is 17.6 Å². The number of hydrogen-bond acceptors (Lipinski definition) is 6. The monoisotopic (exact) mass is 569 g/mol. The van der Waals surface area contributed by atoms with Crippen molar-refractivity contribution in [3.05, 3.63) is 35.4 Å². The van der Waals surface area contributed by atoms with Gasteiger partial charge in [0.25, 0.3) is 0 Å². The highest BCUT2D eigenvalue weighted by Gasteiger charge is 2.48. The third-order valence-corrected chi connectivity index (χ3v) is 10.2. The number of carbonyl (C=O) groups is 3. The van der Waals surface area contributed by atoms with E-state index in [1.54, 1.807) is 12.1 Å². The van der Waals surface area contributed by atoms with E-state index in [9.17, 15) is 19.5 Å². The molecule has 0 bridgehead atoms. The topological polar surface area (TPSA) is 117 Å². The molecular weight excluding hydrogens is 522 g/mol. The molecule has 1 saturated carbocycles. The maximum Gasteiger partial charge on any atom is 0.335 e. The second kappa shape index (κ2) is 13.7. The van der Waals surface area contributed by atoms with Gasteiger partial charge in [0.15, 0.2) is 0 Å². The lowest BCUT2D eigenvalue weighted by Crippen LogP contribution is -2.58. The lowest BCUT2D eigenvalue weighted by atomic mass is 9.71. The highest BCUT2D eigenvalue weighted by molar-refractivity contribution is 5.90. The molecule has 2 amide bonds. The van der Waals surface area contributed by atoms with Gasteiger partial charge in [-0.15, -0.1) is 0 Å². The van der Waals surface area contributed by atoms with Crippen LogP contribution in [0.2, 0.25) is 0 Å². The number of benzene rings is 1. The van der Waals surface area contributed by atoms with Gasteiger partial charge in [-0.25, -0.2) is 4.79 Å². The molecule has 4 aliphatic rings. The van der Waals surface area contributed by atoms with Gasteiger partial charge in [-0.2, -0.15) is 0 Å². The Bertz CT molecular complexity index is 1040. The van der Waals surface area contributed by atoms with Crippen molar-refractivity contribution in [2.45, 2.75) is 82.8 Å². The van der Waals surface area contributed by atoms with E-state index in [0.717, 1.165) is 50.6 Å². The second-order valence-electron chi connectivity index (χ2n) is 12.7. The molecule has 41 heavy (non-hydrogen) atoms. The first-order valence-electron chi connectivity index (χ1n) is 15.7. The molecule has 9 nitrogen and oxygen atoms in total. The number of amides is 2. The molecule has 4 fully saturated rings. The molecule has 1 aromatic carbocycles. The molecule has 226 valence electrons. The summed E-state index contributed by atoms with van der Waals surface area (Å²) >= 11 is 0. The Hall–Kier alpha value is -2.49. The van der Waals surface area contributed by atoms with Gasteiger partial charge in [0.2, 0.25) is 11.8 Å². The molecule has 1 unspecified atom stereocenters. The van der Waals surface area contributed by atoms with Crippen LogP contribution in [0.5, 0.6) is 0 Å². The fraction of sp³-hybridized carbons (Fsp3) is 0.719. The third-order valence-electron chi connectivity index (χ3n) is 10.2. The zero-order valence-corrected chi connectivity index (χ0v) is 24.4. The van der Waals surface area contributed by atoms with Crippen LogP contribution in [0, 0.1) is 17.3 Å². The van der Waals surface area contributed by atoms with Crippen molar-refractivity contribution in [3.63, 3.8) is 0 Å². The largest absolute Gasteiger partial charge is 0.478 e. The van der Waals surface area contributed by atoms with Crippen molar-refractivity contribution < 1.29 is 29.0 Å². The summed E-state index contributed by atoms with van der Waals surface area (Å²) in [6.07, 6.45) is 8.95. The number of nitrogens with zero attached hydrogens (tertiary/aromatic N) is 1. The molecule has 1 spiro atoms. The molecule has 0 radical (unpaired) electrons. The zero-order chi connectivity index (χ0) is 28.8. The van der Waals surface area contributed by atoms with Gasteiger partial charge in [0, 0.05) is 46.0 Å². The number of aromatic carboxylic acids is 1. The van der Waals surface area contributed by atoms with E-state index >= 15 is 0 Å². The van der Waals surface area contributed by atoms with Crippen molar-refractivity contribution >= 4 is 17.8 Å². The molecule has 3 N–H and O–H groups in total. The van der Waals surface area contributed by atoms with Crippen molar-refractivity contribution in [1.29, 1.82) is 0 Å². The van der Waals surface area contributed by atoms with E-state index in [0.29, 0.717) is 45.4 Å². The minimum atomic E-state index is -0.930. The van der Waals surface area contributed by atoms with E-state index in [2.05, 4.69) is 10.6 Å². The normalized spacial score (nSPS) is 25.1. The van der Waals surface area contributed by atoms with Crippen LogP contribution in [0.1, 0.15) is 86.6 Å². The highest BCUT2D eigenvalue weighted by atomic mass is 16.5. The summed E-state index contributed by atoms with van der Waals surface area (Å²) < 4.78 is 11.9. The number of carbonyl (C=O) groups excluding carboxylic acids is 2. The molecule has 0 aromatic heterocycles. The average Bonchev–Trinajstić information content (AvgIpc) is 3.41. The number of hydrogen-bond donors (Lipinski definition) is 3. The Kier molecular flexibility index (Phi) is 9.99.